The Balaban J connectivity index is 1.29. The summed E-state index contributed by atoms with van der Waals surface area (Å²) >= 11 is 6.38. The van der Waals surface area contributed by atoms with Gasteiger partial charge in [0.15, 0.2) is 11.3 Å². The van der Waals surface area contributed by atoms with Gasteiger partial charge in [0, 0.05) is 35.9 Å². The van der Waals surface area contributed by atoms with Crippen LogP contribution in [0.4, 0.5) is 5.82 Å². The van der Waals surface area contributed by atoms with Crippen molar-refractivity contribution in [3.63, 3.8) is 0 Å². The second kappa shape index (κ2) is 9.59. The standard InChI is InChI=1S/C24H20BClN8O/c1-15-22(32-34(31-15)16-7-3-2-4-8-16)24(35)28-12-11-27-21-13-20(17-9-5-6-10-19(17)26)30-23-18(25)14-29-33(21)23/h2-10,13-14,27H,11-12H2,1H3,(H,28,35). The molecule has 172 valence electrons. The molecular formula is C24H20BClN8O. The summed E-state index contributed by atoms with van der Waals surface area (Å²) in [5, 5.41) is 19.7. The van der Waals surface area contributed by atoms with Gasteiger partial charge < -0.3 is 10.6 Å². The molecule has 0 unspecified atom stereocenters. The first-order valence-electron chi connectivity index (χ1n) is 10.9. The third kappa shape index (κ3) is 4.60. The van der Waals surface area contributed by atoms with Crippen LogP contribution in [-0.2, 0) is 0 Å². The van der Waals surface area contributed by atoms with Crippen LogP contribution in [-0.4, -0.2) is 56.4 Å². The zero-order valence-electron chi connectivity index (χ0n) is 18.8. The van der Waals surface area contributed by atoms with Crippen LogP contribution in [0.3, 0.4) is 0 Å². The number of carbonyl (C=O) groups excluding carboxylic acids is 1. The van der Waals surface area contributed by atoms with Gasteiger partial charge >= 0.3 is 0 Å². The minimum absolute atomic E-state index is 0.279. The molecule has 0 fully saturated rings. The van der Waals surface area contributed by atoms with Crippen molar-refractivity contribution < 1.29 is 4.79 Å². The Morgan fingerprint density at radius 2 is 1.83 bits per heavy atom. The Labute approximate surface area is 207 Å². The Hall–Kier alpha value is -4.18. The zero-order chi connectivity index (χ0) is 24.4. The molecule has 2 N–H and O–H groups in total. The molecule has 2 aromatic carbocycles. The summed E-state index contributed by atoms with van der Waals surface area (Å²) in [4.78, 5) is 18.8. The summed E-state index contributed by atoms with van der Waals surface area (Å²) < 4.78 is 1.62. The van der Waals surface area contributed by atoms with E-state index in [1.54, 1.807) is 23.7 Å². The van der Waals surface area contributed by atoms with E-state index in [1.165, 1.54) is 4.80 Å². The van der Waals surface area contributed by atoms with Crippen LogP contribution < -0.4 is 16.1 Å². The van der Waals surface area contributed by atoms with Gasteiger partial charge in [-0.2, -0.15) is 19.5 Å². The first-order chi connectivity index (χ1) is 17.0. The zero-order valence-corrected chi connectivity index (χ0v) is 19.6. The average molecular weight is 483 g/mol. The third-order valence-corrected chi connectivity index (χ3v) is 5.68. The number of hydrogen-bond donors (Lipinski definition) is 2. The molecule has 35 heavy (non-hydrogen) atoms. The number of fused-ring (bicyclic) bond motifs is 1. The molecule has 0 aliphatic carbocycles. The maximum absolute atomic E-state index is 12.7. The Bertz CT molecular complexity index is 1520. The van der Waals surface area contributed by atoms with E-state index in [9.17, 15) is 4.79 Å². The van der Waals surface area contributed by atoms with E-state index >= 15 is 0 Å². The van der Waals surface area contributed by atoms with Gasteiger partial charge in [0.05, 0.1) is 17.1 Å². The van der Waals surface area contributed by atoms with Crippen molar-refractivity contribution in [2.45, 2.75) is 6.92 Å². The van der Waals surface area contributed by atoms with Gasteiger partial charge in [-0.1, -0.05) is 48.0 Å². The first-order valence-corrected chi connectivity index (χ1v) is 11.3. The van der Waals surface area contributed by atoms with E-state index in [1.807, 2.05) is 54.6 Å². The minimum atomic E-state index is -0.300. The number of anilines is 1. The maximum Gasteiger partial charge on any atom is 0.273 e. The van der Waals surface area contributed by atoms with Gasteiger partial charge in [-0.05, 0) is 30.6 Å². The Kier molecular flexibility index (Phi) is 6.20. The topological polar surface area (TPSA) is 102 Å². The van der Waals surface area contributed by atoms with E-state index in [4.69, 9.17) is 19.4 Å². The van der Waals surface area contributed by atoms with E-state index < -0.39 is 0 Å². The number of aryl methyl sites for hydroxylation is 1. The summed E-state index contributed by atoms with van der Waals surface area (Å²) in [6, 6.07) is 18.7. The fourth-order valence-corrected chi connectivity index (χ4v) is 3.86. The van der Waals surface area contributed by atoms with Crippen molar-refractivity contribution in [3.05, 3.63) is 83.3 Å². The largest absolute Gasteiger partial charge is 0.368 e. The predicted octanol–water partition coefficient (Wildman–Crippen LogP) is 2.57. The SMILES string of the molecule is [B]c1cnn2c(NCCNC(=O)c3nn(-c4ccccc4)nc3C)cc(-c3ccccc3Cl)nc12. The summed E-state index contributed by atoms with van der Waals surface area (Å²) in [5.74, 6) is 0.369. The number of nitrogens with one attached hydrogen (secondary N) is 2. The molecular weight excluding hydrogens is 463 g/mol. The third-order valence-electron chi connectivity index (χ3n) is 5.35. The lowest BCUT2D eigenvalue weighted by atomic mass is 10.0. The number of nitrogens with zero attached hydrogens (tertiary/aromatic N) is 6. The molecule has 5 aromatic rings. The monoisotopic (exact) mass is 482 g/mol. The number of rotatable bonds is 7. The normalized spacial score (nSPS) is 11.0. The van der Waals surface area contributed by atoms with E-state index in [2.05, 4.69) is 30.9 Å². The molecule has 0 saturated heterocycles. The van der Waals surface area contributed by atoms with Crippen LogP contribution >= 0.6 is 11.6 Å². The van der Waals surface area contributed by atoms with Crippen LogP contribution in [0.1, 0.15) is 16.2 Å². The molecule has 1 amide bonds. The van der Waals surface area contributed by atoms with Gasteiger partial charge in [0.2, 0.25) is 0 Å². The lowest BCUT2D eigenvalue weighted by molar-refractivity contribution is 0.0949. The van der Waals surface area contributed by atoms with E-state index in [0.717, 1.165) is 11.3 Å². The highest BCUT2D eigenvalue weighted by Gasteiger charge is 2.16. The average Bonchev–Trinajstić information content (AvgIpc) is 3.45. The fraction of sp³-hybridized carbons (Fsp3) is 0.125. The van der Waals surface area contributed by atoms with Crippen LogP contribution in [0.15, 0.2) is 66.9 Å². The summed E-state index contributed by atoms with van der Waals surface area (Å²) in [5.41, 5.74) is 4.02. The number of carbonyl (C=O) groups is 1. The fourth-order valence-electron chi connectivity index (χ4n) is 3.63. The molecule has 3 heterocycles. The lowest BCUT2D eigenvalue weighted by Gasteiger charge is -2.12. The number of benzene rings is 2. The van der Waals surface area contributed by atoms with Crippen molar-refractivity contribution in [2.75, 3.05) is 18.4 Å². The molecule has 5 rings (SSSR count). The summed E-state index contributed by atoms with van der Waals surface area (Å²) in [6.07, 6.45) is 1.55. The summed E-state index contributed by atoms with van der Waals surface area (Å²) in [7, 11) is 6.07. The van der Waals surface area contributed by atoms with E-state index in [-0.39, 0.29) is 11.6 Å². The molecule has 3 aromatic heterocycles. The van der Waals surface area contributed by atoms with Crippen molar-refractivity contribution in [2.24, 2.45) is 0 Å². The highest BCUT2D eigenvalue weighted by Crippen LogP contribution is 2.28. The van der Waals surface area contributed by atoms with Crippen molar-refractivity contribution >= 4 is 42.3 Å². The molecule has 2 radical (unpaired) electrons. The van der Waals surface area contributed by atoms with Crippen molar-refractivity contribution in [1.82, 2.24) is 34.9 Å². The number of aromatic nitrogens is 6. The lowest BCUT2D eigenvalue weighted by Crippen LogP contribution is -2.30. The molecule has 0 bridgehead atoms. The predicted molar refractivity (Wildman–Crippen MR) is 136 cm³/mol. The second-order valence-electron chi connectivity index (χ2n) is 7.78. The molecule has 11 heteroatoms. The van der Waals surface area contributed by atoms with Gasteiger partial charge in [0.25, 0.3) is 5.91 Å². The van der Waals surface area contributed by atoms with Crippen molar-refractivity contribution in [1.29, 1.82) is 0 Å². The van der Waals surface area contributed by atoms with Gasteiger partial charge in [-0.25, -0.2) is 4.98 Å². The van der Waals surface area contributed by atoms with Crippen LogP contribution in [0.5, 0.6) is 0 Å². The van der Waals surface area contributed by atoms with E-state index in [0.29, 0.717) is 46.4 Å². The van der Waals surface area contributed by atoms with Gasteiger partial charge in [0.1, 0.15) is 13.7 Å². The van der Waals surface area contributed by atoms with Crippen molar-refractivity contribution in [3.8, 4) is 16.9 Å². The highest BCUT2D eigenvalue weighted by atomic mass is 35.5. The van der Waals surface area contributed by atoms with Crippen LogP contribution in [0, 0.1) is 6.92 Å². The van der Waals surface area contributed by atoms with Gasteiger partial charge in [-0.15, -0.1) is 5.10 Å². The van der Waals surface area contributed by atoms with Crippen LogP contribution in [0.25, 0.3) is 22.6 Å². The minimum Gasteiger partial charge on any atom is -0.368 e. The molecule has 9 nitrogen and oxygen atoms in total. The molecule has 0 aliphatic heterocycles. The second-order valence-corrected chi connectivity index (χ2v) is 8.19. The maximum atomic E-state index is 12.7. The smallest absolute Gasteiger partial charge is 0.273 e. The Morgan fingerprint density at radius 1 is 1.06 bits per heavy atom. The first kappa shape index (κ1) is 22.6. The molecule has 0 atom stereocenters. The molecule has 0 aliphatic rings. The van der Waals surface area contributed by atoms with Gasteiger partial charge in [-0.3, -0.25) is 4.79 Å². The van der Waals surface area contributed by atoms with Crippen LogP contribution in [0.2, 0.25) is 5.02 Å². The highest BCUT2D eigenvalue weighted by molar-refractivity contribution is 6.36. The summed E-state index contributed by atoms with van der Waals surface area (Å²) in [6.45, 7) is 2.53. The number of halogens is 1. The molecule has 0 saturated carbocycles. The number of amides is 1. The Morgan fingerprint density at radius 3 is 2.63 bits per heavy atom. The number of para-hydroxylation sites is 1. The number of hydrogen-bond acceptors (Lipinski definition) is 6. The quantitative estimate of drug-likeness (QED) is 0.273. The molecule has 0 spiro atoms.